The molecule has 156 valence electrons. The van der Waals surface area contributed by atoms with Crippen molar-refractivity contribution in [2.75, 3.05) is 13.2 Å². The molecule has 5 nitrogen and oxygen atoms in total. The lowest BCUT2D eigenvalue weighted by Gasteiger charge is -2.29. The number of rotatable bonds is 16. The van der Waals surface area contributed by atoms with Gasteiger partial charge in [0, 0.05) is 5.54 Å². The molecular formula is C21H43NO4. The second kappa shape index (κ2) is 15.3. The molecule has 0 heterocycles. The molecule has 0 aromatic rings. The van der Waals surface area contributed by atoms with E-state index in [0.717, 1.165) is 25.2 Å². The van der Waals surface area contributed by atoms with E-state index in [9.17, 15) is 9.90 Å². The normalized spacial score (nSPS) is 14.9. The number of aliphatic hydroxyl groups excluding tert-OH is 2. The van der Waals surface area contributed by atoms with E-state index in [-0.39, 0.29) is 12.1 Å². The van der Waals surface area contributed by atoms with Crippen LogP contribution in [0.2, 0.25) is 0 Å². The van der Waals surface area contributed by atoms with Gasteiger partial charge in [-0.3, -0.25) is 0 Å². The van der Waals surface area contributed by atoms with Crippen LogP contribution < -0.4 is 5.32 Å². The van der Waals surface area contributed by atoms with Gasteiger partial charge < -0.3 is 20.3 Å². The minimum absolute atomic E-state index is 0.181. The molecule has 0 aliphatic carbocycles. The number of hydrogen-bond donors (Lipinski definition) is 3. The number of amides is 1. The number of hydrogen-bond acceptors (Lipinski definition) is 4. The number of carbonyl (C=O) groups is 1. The molecule has 0 aromatic carbocycles. The van der Waals surface area contributed by atoms with Gasteiger partial charge in [-0.15, -0.1) is 0 Å². The van der Waals surface area contributed by atoms with Gasteiger partial charge in [-0.05, 0) is 25.7 Å². The quantitative estimate of drug-likeness (QED) is 0.340. The highest BCUT2D eigenvalue weighted by Crippen LogP contribution is 2.20. The van der Waals surface area contributed by atoms with Crippen molar-refractivity contribution in [2.24, 2.45) is 5.92 Å². The molecule has 0 aromatic heterocycles. The van der Waals surface area contributed by atoms with E-state index in [1.54, 1.807) is 0 Å². The first-order chi connectivity index (χ1) is 12.3. The number of aliphatic hydroxyl groups is 2. The van der Waals surface area contributed by atoms with Crippen LogP contribution in [0.25, 0.3) is 0 Å². The van der Waals surface area contributed by atoms with Crippen LogP contribution in [0.1, 0.15) is 98.3 Å². The molecule has 1 amide bonds. The van der Waals surface area contributed by atoms with Gasteiger partial charge in [-0.25, -0.2) is 4.79 Å². The lowest BCUT2D eigenvalue weighted by Crippen LogP contribution is -2.46. The Morgan fingerprint density at radius 3 is 2.08 bits per heavy atom. The maximum absolute atomic E-state index is 11.8. The van der Waals surface area contributed by atoms with Crippen molar-refractivity contribution in [3.05, 3.63) is 0 Å². The second-order valence-corrected chi connectivity index (χ2v) is 8.24. The van der Waals surface area contributed by atoms with Gasteiger partial charge in [0.15, 0.2) is 0 Å². The van der Waals surface area contributed by atoms with Gasteiger partial charge in [-0.2, -0.15) is 0 Å². The molecule has 0 saturated heterocycles. The van der Waals surface area contributed by atoms with Gasteiger partial charge in [0.2, 0.25) is 0 Å². The van der Waals surface area contributed by atoms with Crippen molar-refractivity contribution >= 4 is 6.09 Å². The van der Waals surface area contributed by atoms with Crippen LogP contribution >= 0.6 is 0 Å². The van der Waals surface area contributed by atoms with Crippen LogP contribution in [0.3, 0.4) is 0 Å². The van der Waals surface area contributed by atoms with Gasteiger partial charge in [-0.1, -0.05) is 78.6 Å². The molecule has 0 saturated carbocycles. The van der Waals surface area contributed by atoms with Crippen molar-refractivity contribution in [3.63, 3.8) is 0 Å². The third kappa shape index (κ3) is 14.4. The smallest absolute Gasteiger partial charge is 0.407 e. The van der Waals surface area contributed by atoms with Crippen molar-refractivity contribution < 1.29 is 19.7 Å². The maximum atomic E-state index is 11.8. The third-order valence-corrected chi connectivity index (χ3v) is 5.06. The molecule has 2 atom stereocenters. The highest BCUT2D eigenvalue weighted by Gasteiger charge is 2.24. The predicted molar refractivity (Wildman–Crippen MR) is 107 cm³/mol. The molecule has 2 unspecified atom stereocenters. The first kappa shape index (κ1) is 25.2. The summed E-state index contributed by atoms with van der Waals surface area (Å²) in [6.07, 6.45) is 11.8. The lowest BCUT2D eigenvalue weighted by molar-refractivity contribution is 0.0293. The Bertz CT molecular complexity index is 349. The summed E-state index contributed by atoms with van der Waals surface area (Å²) in [5.41, 5.74) is -0.280. The van der Waals surface area contributed by atoms with Crippen molar-refractivity contribution in [2.45, 2.75) is 110 Å². The lowest BCUT2D eigenvalue weighted by atomic mass is 9.91. The Balaban J connectivity index is 3.74. The summed E-state index contributed by atoms with van der Waals surface area (Å²) in [7, 11) is 0. The van der Waals surface area contributed by atoms with Gasteiger partial charge in [0.05, 0.1) is 6.61 Å². The fraction of sp³-hybridized carbons (Fsp3) is 0.952. The SMILES string of the molecule is CCC(C)(CCCCCCCCCCC(C)C)NC(=O)OCC(O)CO. The Hall–Kier alpha value is -0.810. The van der Waals surface area contributed by atoms with E-state index in [0.29, 0.717) is 0 Å². The van der Waals surface area contributed by atoms with Gasteiger partial charge in [0.25, 0.3) is 0 Å². The van der Waals surface area contributed by atoms with Gasteiger partial charge >= 0.3 is 6.09 Å². The fourth-order valence-corrected chi connectivity index (χ4v) is 2.96. The summed E-state index contributed by atoms with van der Waals surface area (Å²) in [5, 5.41) is 20.9. The van der Waals surface area contributed by atoms with Crippen LogP contribution in [0.4, 0.5) is 4.79 Å². The maximum Gasteiger partial charge on any atom is 0.407 e. The van der Waals surface area contributed by atoms with Crippen molar-refractivity contribution in [1.82, 2.24) is 5.32 Å². The minimum Gasteiger partial charge on any atom is -0.447 e. The number of ether oxygens (including phenoxy) is 1. The summed E-state index contributed by atoms with van der Waals surface area (Å²) in [6.45, 7) is 8.08. The fourth-order valence-electron chi connectivity index (χ4n) is 2.96. The second-order valence-electron chi connectivity index (χ2n) is 8.24. The topological polar surface area (TPSA) is 78.8 Å². The zero-order valence-electron chi connectivity index (χ0n) is 17.6. The molecule has 0 radical (unpaired) electrons. The summed E-state index contributed by atoms with van der Waals surface area (Å²) >= 11 is 0. The van der Waals surface area contributed by atoms with E-state index < -0.39 is 18.8 Å². The van der Waals surface area contributed by atoms with Crippen molar-refractivity contribution in [3.8, 4) is 0 Å². The number of unbranched alkanes of at least 4 members (excludes halogenated alkanes) is 7. The molecule has 3 N–H and O–H groups in total. The van der Waals surface area contributed by atoms with Crippen LogP contribution in [-0.4, -0.2) is 41.2 Å². The Morgan fingerprint density at radius 2 is 1.58 bits per heavy atom. The third-order valence-electron chi connectivity index (χ3n) is 5.06. The molecule has 0 spiro atoms. The molecule has 0 fully saturated rings. The first-order valence-electron chi connectivity index (χ1n) is 10.6. The Kier molecular flexibility index (Phi) is 14.8. The van der Waals surface area contributed by atoms with Crippen LogP contribution in [0, 0.1) is 5.92 Å². The molecule has 0 rings (SSSR count). The summed E-state index contributed by atoms with van der Waals surface area (Å²) in [4.78, 5) is 11.8. The standard InChI is InChI=1S/C21H43NO4/c1-5-21(4,22-20(25)26-17-19(24)16-23)15-13-11-9-7-6-8-10-12-14-18(2)3/h18-19,23-24H,5-17H2,1-4H3,(H,22,25). The Morgan fingerprint density at radius 1 is 1.04 bits per heavy atom. The number of carbonyl (C=O) groups excluding carboxylic acids is 1. The summed E-state index contributed by atoms with van der Waals surface area (Å²) < 4.78 is 4.94. The van der Waals surface area contributed by atoms with Gasteiger partial charge in [0.1, 0.15) is 12.7 Å². The number of alkyl carbamates (subject to hydrolysis) is 1. The highest BCUT2D eigenvalue weighted by molar-refractivity contribution is 5.68. The minimum atomic E-state index is -1.01. The average molecular weight is 374 g/mol. The van der Waals surface area contributed by atoms with Crippen molar-refractivity contribution in [1.29, 1.82) is 0 Å². The van der Waals surface area contributed by atoms with E-state index >= 15 is 0 Å². The van der Waals surface area contributed by atoms with E-state index in [4.69, 9.17) is 9.84 Å². The summed E-state index contributed by atoms with van der Waals surface area (Å²) in [5.74, 6) is 0.827. The molecule has 5 heteroatoms. The predicted octanol–water partition coefficient (Wildman–Crippen LogP) is 4.79. The van der Waals surface area contributed by atoms with Crippen LogP contribution in [0.15, 0.2) is 0 Å². The molecule has 0 bridgehead atoms. The van der Waals surface area contributed by atoms with E-state index in [1.165, 1.54) is 51.4 Å². The summed E-state index contributed by atoms with van der Waals surface area (Å²) in [6, 6.07) is 0. The van der Waals surface area contributed by atoms with Crippen LogP contribution in [0.5, 0.6) is 0 Å². The molecule has 0 aliphatic rings. The number of nitrogens with one attached hydrogen (secondary N) is 1. The monoisotopic (exact) mass is 373 g/mol. The van der Waals surface area contributed by atoms with E-state index in [2.05, 4.69) is 26.1 Å². The average Bonchev–Trinajstić information content (AvgIpc) is 2.60. The zero-order valence-corrected chi connectivity index (χ0v) is 17.6. The molecule has 0 aliphatic heterocycles. The molecule has 26 heavy (non-hydrogen) atoms. The highest BCUT2D eigenvalue weighted by atomic mass is 16.6. The molecular weight excluding hydrogens is 330 g/mol. The first-order valence-corrected chi connectivity index (χ1v) is 10.6. The van der Waals surface area contributed by atoms with Crippen LogP contribution in [-0.2, 0) is 4.74 Å². The largest absolute Gasteiger partial charge is 0.447 e. The van der Waals surface area contributed by atoms with E-state index in [1.807, 2.05) is 6.92 Å². The zero-order chi connectivity index (χ0) is 19.8. The Labute approximate surface area is 160 Å².